The van der Waals surface area contributed by atoms with E-state index in [1.807, 2.05) is 12.4 Å². The Bertz CT molecular complexity index is 1300. The highest BCUT2D eigenvalue weighted by Crippen LogP contribution is 2.69. The van der Waals surface area contributed by atoms with Crippen LogP contribution < -0.4 is 0 Å². The van der Waals surface area contributed by atoms with Gasteiger partial charge in [0.2, 0.25) is 0 Å². The summed E-state index contributed by atoms with van der Waals surface area (Å²) in [5.74, 6) is 1.12. The summed E-state index contributed by atoms with van der Waals surface area (Å²) in [6.07, 6.45) is 18.5. The number of hydrogen-bond donors (Lipinski definition) is 0. The van der Waals surface area contributed by atoms with Crippen LogP contribution in [0, 0.1) is 11.3 Å². The summed E-state index contributed by atoms with van der Waals surface area (Å²) in [7, 11) is 3.61. The van der Waals surface area contributed by atoms with Crippen molar-refractivity contribution in [1.82, 2.24) is 9.88 Å². The molecule has 6 atom stereocenters. The largest absolute Gasteiger partial charge is 0.383 e. The normalized spacial score (nSPS) is 36.9. The van der Waals surface area contributed by atoms with Crippen molar-refractivity contribution < 1.29 is 14.2 Å². The SMILES string of the molecule is COCCN(CCOC)C1CCC2=CC3=CC[C@@]4(C)C(c5ccc6ccncc6c5)CC[C@H]4[C@@]34CC[C@]2(C1)O4. The molecule has 0 radical (unpaired) electrons. The molecule has 39 heavy (non-hydrogen) atoms. The van der Waals surface area contributed by atoms with E-state index in [4.69, 9.17) is 14.2 Å². The topological polar surface area (TPSA) is 43.8 Å². The standard InChI is InChI=1S/C34H44N2O3/c1-32-12-10-28-21-27-6-7-29(36(16-18-37-2)17-19-38-3)22-33(27)13-14-34(28,39-33)31(32)9-8-30(32)25-5-4-24-11-15-35-23-26(24)20-25/h4-5,10-11,15,20-21,23,29-31H,6-9,12-14,16-19,22H2,1-3H3/t29?,30?,31-,32+,33-,34-/m1/s1. The van der Waals surface area contributed by atoms with Crippen LogP contribution in [0.4, 0.5) is 0 Å². The first-order chi connectivity index (χ1) is 19.0. The lowest BCUT2D eigenvalue weighted by Gasteiger charge is -2.55. The smallest absolute Gasteiger partial charge is 0.0974 e. The maximum absolute atomic E-state index is 7.57. The predicted molar refractivity (Wildman–Crippen MR) is 155 cm³/mol. The van der Waals surface area contributed by atoms with Crippen LogP contribution in [-0.4, -0.2) is 67.7 Å². The first kappa shape index (κ1) is 25.9. The van der Waals surface area contributed by atoms with E-state index >= 15 is 0 Å². The van der Waals surface area contributed by atoms with Crippen molar-refractivity contribution in [3.63, 3.8) is 0 Å². The molecular formula is C34H44N2O3. The molecule has 0 N–H and O–H groups in total. The van der Waals surface area contributed by atoms with Crippen molar-refractivity contribution in [2.75, 3.05) is 40.5 Å². The highest BCUT2D eigenvalue weighted by molar-refractivity contribution is 5.82. The van der Waals surface area contributed by atoms with E-state index < -0.39 is 0 Å². The lowest BCUT2D eigenvalue weighted by Crippen LogP contribution is -2.55. The van der Waals surface area contributed by atoms with Crippen molar-refractivity contribution in [1.29, 1.82) is 0 Å². The molecule has 2 aliphatic heterocycles. The van der Waals surface area contributed by atoms with Gasteiger partial charge in [-0.2, -0.15) is 0 Å². The van der Waals surface area contributed by atoms with Gasteiger partial charge in [0.15, 0.2) is 0 Å². The minimum absolute atomic E-state index is 0.0936. The number of hydrogen-bond acceptors (Lipinski definition) is 5. The lowest BCUT2D eigenvalue weighted by molar-refractivity contribution is -0.141. The number of ether oxygens (including phenoxy) is 3. The van der Waals surface area contributed by atoms with Crippen LogP contribution in [0.1, 0.15) is 69.8 Å². The van der Waals surface area contributed by atoms with Crippen molar-refractivity contribution in [2.45, 2.75) is 81.5 Å². The molecule has 2 saturated carbocycles. The van der Waals surface area contributed by atoms with Crippen molar-refractivity contribution in [3.05, 3.63) is 65.5 Å². The summed E-state index contributed by atoms with van der Waals surface area (Å²) in [5, 5.41) is 2.54. The molecule has 0 amide bonds. The molecule has 5 aliphatic rings. The second-order valence-electron chi connectivity index (χ2n) is 13.1. The number of methoxy groups -OCH3 is 2. The van der Waals surface area contributed by atoms with Crippen molar-refractivity contribution >= 4 is 10.8 Å². The van der Waals surface area contributed by atoms with Gasteiger partial charge in [-0.25, -0.2) is 0 Å². The van der Waals surface area contributed by atoms with Gasteiger partial charge in [0, 0.05) is 51.1 Å². The van der Waals surface area contributed by atoms with Crippen LogP contribution in [0.3, 0.4) is 0 Å². The average Bonchev–Trinajstić information content (AvgIpc) is 3.47. The van der Waals surface area contributed by atoms with Gasteiger partial charge in [-0.1, -0.05) is 31.2 Å². The van der Waals surface area contributed by atoms with Crippen LogP contribution in [0.15, 0.2) is 60.0 Å². The molecule has 5 heteroatoms. The first-order valence-corrected chi connectivity index (χ1v) is 15.2. The van der Waals surface area contributed by atoms with E-state index in [2.05, 4.69) is 53.2 Å². The number of fused-ring (bicyclic) bond motifs is 2. The molecular weight excluding hydrogens is 484 g/mol. The molecule has 3 aliphatic carbocycles. The highest BCUT2D eigenvalue weighted by atomic mass is 16.5. The summed E-state index contributed by atoms with van der Waals surface area (Å²) in [6.45, 7) is 6.01. The Morgan fingerprint density at radius 2 is 1.87 bits per heavy atom. The summed E-state index contributed by atoms with van der Waals surface area (Å²) < 4.78 is 18.5. The van der Waals surface area contributed by atoms with Gasteiger partial charge in [0.25, 0.3) is 0 Å². The number of rotatable bonds is 8. The zero-order chi connectivity index (χ0) is 26.7. The quantitative estimate of drug-likeness (QED) is 0.395. The van der Waals surface area contributed by atoms with Gasteiger partial charge in [0.05, 0.1) is 24.4 Å². The Morgan fingerprint density at radius 3 is 2.69 bits per heavy atom. The zero-order valence-electron chi connectivity index (χ0n) is 24.0. The Hall–Kier alpha value is -2.05. The monoisotopic (exact) mass is 528 g/mol. The van der Waals surface area contributed by atoms with Gasteiger partial charge in [0.1, 0.15) is 0 Å². The van der Waals surface area contributed by atoms with Gasteiger partial charge in [-0.3, -0.25) is 9.88 Å². The summed E-state index contributed by atoms with van der Waals surface area (Å²) in [6, 6.07) is 9.73. The number of aromatic nitrogens is 1. The van der Waals surface area contributed by atoms with Crippen molar-refractivity contribution in [3.8, 4) is 0 Å². The summed E-state index contributed by atoms with van der Waals surface area (Å²) in [4.78, 5) is 7.00. The molecule has 1 saturated heterocycles. The lowest BCUT2D eigenvalue weighted by atomic mass is 9.58. The number of pyridine rings is 1. The van der Waals surface area contributed by atoms with Gasteiger partial charge < -0.3 is 14.2 Å². The highest BCUT2D eigenvalue weighted by Gasteiger charge is 2.66. The Kier molecular flexibility index (Phi) is 6.50. The molecule has 3 fully saturated rings. The summed E-state index contributed by atoms with van der Waals surface area (Å²) >= 11 is 0. The fourth-order valence-corrected chi connectivity index (χ4v) is 9.46. The minimum Gasteiger partial charge on any atom is -0.383 e. The van der Waals surface area contributed by atoms with E-state index in [1.54, 1.807) is 19.8 Å². The predicted octanol–water partition coefficient (Wildman–Crippen LogP) is 6.44. The van der Waals surface area contributed by atoms with Crippen LogP contribution in [0.5, 0.6) is 0 Å². The van der Waals surface area contributed by atoms with Crippen LogP contribution in [0.2, 0.25) is 0 Å². The Labute approximate surface area is 233 Å². The number of allylic oxidation sites excluding steroid dienone is 1. The molecule has 2 spiro atoms. The Morgan fingerprint density at radius 1 is 1.03 bits per heavy atom. The molecule has 2 bridgehead atoms. The van der Waals surface area contributed by atoms with E-state index in [1.165, 1.54) is 41.2 Å². The number of benzene rings is 1. The second-order valence-corrected chi connectivity index (χ2v) is 13.1. The fraction of sp³-hybridized carbons (Fsp3) is 0.618. The van der Waals surface area contributed by atoms with Crippen LogP contribution in [0.25, 0.3) is 10.8 Å². The maximum Gasteiger partial charge on any atom is 0.0974 e. The third-order valence-electron chi connectivity index (χ3n) is 11.4. The molecule has 2 aromatic rings. The molecule has 2 unspecified atom stereocenters. The third kappa shape index (κ3) is 3.99. The summed E-state index contributed by atoms with van der Waals surface area (Å²) in [5.41, 5.74) is 4.56. The van der Waals surface area contributed by atoms with E-state index in [0.717, 1.165) is 58.4 Å². The molecule has 7 rings (SSSR count). The minimum atomic E-state index is -0.116. The van der Waals surface area contributed by atoms with Crippen molar-refractivity contribution in [2.24, 2.45) is 11.3 Å². The Balaban J connectivity index is 1.18. The fourth-order valence-electron chi connectivity index (χ4n) is 9.46. The molecule has 208 valence electrons. The van der Waals surface area contributed by atoms with E-state index in [0.29, 0.717) is 17.9 Å². The average molecular weight is 529 g/mol. The molecule has 3 heterocycles. The maximum atomic E-state index is 7.57. The molecule has 5 nitrogen and oxygen atoms in total. The van der Waals surface area contributed by atoms with E-state index in [-0.39, 0.29) is 16.6 Å². The van der Waals surface area contributed by atoms with Gasteiger partial charge >= 0.3 is 0 Å². The molecule has 1 aromatic heterocycles. The van der Waals surface area contributed by atoms with Crippen LogP contribution in [-0.2, 0) is 14.2 Å². The first-order valence-electron chi connectivity index (χ1n) is 15.2. The third-order valence-corrected chi connectivity index (χ3v) is 11.4. The second kappa shape index (κ2) is 9.80. The van der Waals surface area contributed by atoms with Gasteiger partial charge in [-0.05, 0) is 103 Å². The van der Waals surface area contributed by atoms with Gasteiger partial charge in [-0.15, -0.1) is 0 Å². The number of nitrogens with zero attached hydrogens (tertiary/aromatic N) is 2. The molecule has 1 aromatic carbocycles. The van der Waals surface area contributed by atoms with E-state index in [9.17, 15) is 0 Å². The van der Waals surface area contributed by atoms with Crippen LogP contribution >= 0.6 is 0 Å². The zero-order valence-corrected chi connectivity index (χ0v) is 24.0.